The van der Waals surface area contributed by atoms with Crippen LogP contribution in [0, 0.1) is 0 Å². The standard InChI is InChI=1S/C21H24N6O5S/c1-25-18(29)16(17(22)26(21(25)31)10-13-6-3-2-4-7-13)15(28)12-33-20-24-23-19(30)27(20)11-14-8-5-9-32-14/h2-4,6-7,14H,5,8-12,22H2,1H3,(H,23,30). The zero-order valence-electron chi connectivity index (χ0n) is 18.0. The van der Waals surface area contributed by atoms with Gasteiger partial charge in [-0.05, 0) is 18.4 Å². The Labute approximate surface area is 192 Å². The second-order valence-electron chi connectivity index (χ2n) is 7.75. The van der Waals surface area contributed by atoms with Crippen LogP contribution in [0.3, 0.4) is 0 Å². The number of ether oxygens (including phenoxy) is 1. The molecular weight excluding hydrogens is 448 g/mol. The number of anilines is 1. The first kappa shape index (κ1) is 22.8. The molecule has 1 atom stereocenters. The maximum absolute atomic E-state index is 13.0. The molecule has 1 fully saturated rings. The van der Waals surface area contributed by atoms with E-state index in [1.54, 1.807) is 0 Å². The highest BCUT2D eigenvalue weighted by Gasteiger charge is 2.24. The van der Waals surface area contributed by atoms with Crippen molar-refractivity contribution in [3.63, 3.8) is 0 Å². The molecule has 0 bridgehead atoms. The molecule has 3 aromatic rings. The molecule has 0 amide bonds. The number of thioether (sulfide) groups is 1. The Hall–Kier alpha value is -3.38. The van der Waals surface area contributed by atoms with Crippen molar-refractivity contribution in [1.29, 1.82) is 0 Å². The lowest BCUT2D eigenvalue weighted by Gasteiger charge is -2.15. The van der Waals surface area contributed by atoms with Crippen LogP contribution < -0.4 is 22.7 Å². The van der Waals surface area contributed by atoms with Crippen molar-refractivity contribution in [2.75, 3.05) is 18.1 Å². The van der Waals surface area contributed by atoms with E-state index in [2.05, 4.69) is 10.2 Å². The van der Waals surface area contributed by atoms with Gasteiger partial charge in [0.05, 0.1) is 24.9 Å². The van der Waals surface area contributed by atoms with Gasteiger partial charge in [0.25, 0.3) is 5.56 Å². The average Bonchev–Trinajstić information content (AvgIpc) is 3.45. The summed E-state index contributed by atoms with van der Waals surface area (Å²) in [5.74, 6) is -0.922. The van der Waals surface area contributed by atoms with Crippen LogP contribution >= 0.6 is 11.8 Å². The molecule has 3 heterocycles. The summed E-state index contributed by atoms with van der Waals surface area (Å²) < 4.78 is 9.08. The number of carbonyl (C=O) groups excluding carboxylic acids is 1. The molecular formula is C21H24N6O5S. The third-order valence-electron chi connectivity index (χ3n) is 5.51. The number of rotatable bonds is 8. The largest absolute Gasteiger partial charge is 0.384 e. The first-order valence-electron chi connectivity index (χ1n) is 10.4. The molecule has 3 N–H and O–H groups in total. The number of nitrogens with one attached hydrogen (secondary N) is 1. The number of hydrogen-bond acceptors (Lipinski definition) is 8. The molecule has 0 radical (unpaired) electrons. The van der Waals surface area contributed by atoms with Crippen molar-refractivity contribution < 1.29 is 9.53 Å². The van der Waals surface area contributed by atoms with E-state index >= 15 is 0 Å². The molecule has 1 unspecified atom stereocenters. The Balaban J connectivity index is 1.58. The van der Waals surface area contributed by atoms with Crippen LogP contribution in [0.15, 0.2) is 49.9 Å². The summed E-state index contributed by atoms with van der Waals surface area (Å²) in [4.78, 5) is 50.5. The highest BCUT2D eigenvalue weighted by Crippen LogP contribution is 2.20. The molecule has 0 aliphatic carbocycles. The molecule has 11 nitrogen and oxygen atoms in total. The van der Waals surface area contributed by atoms with Gasteiger partial charge < -0.3 is 10.5 Å². The van der Waals surface area contributed by atoms with Gasteiger partial charge in [0, 0.05) is 13.7 Å². The second kappa shape index (κ2) is 9.63. The maximum Gasteiger partial charge on any atom is 0.344 e. The van der Waals surface area contributed by atoms with E-state index in [-0.39, 0.29) is 29.8 Å². The molecule has 1 saturated heterocycles. The number of hydrogen-bond donors (Lipinski definition) is 2. The Bertz CT molecular complexity index is 1330. The van der Waals surface area contributed by atoms with Crippen molar-refractivity contribution in [2.45, 2.75) is 37.2 Å². The Kier molecular flexibility index (Phi) is 6.65. The van der Waals surface area contributed by atoms with Crippen LogP contribution in [0.5, 0.6) is 0 Å². The van der Waals surface area contributed by atoms with Gasteiger partial charge in [-0.1, -0.05) is 42.1 Å². The van der Waals surface area contributed by atoms with Crippen LogP contribution in [-0.4, -0.2) is 48.1 Å². The predicted octanol–water partition coefficient (Wildman–Crippen LogP) is 0.216. The van der Waals surface area contributed by atoms with E-state index in [9.17, 15) is 19.2 Å². The van der Waals surface area contributed by atoms with Crippen molar-refractivity contribution in [1.82, 2.24) is 23.9 Å². The highest BCUT2D eigenvalue weighted by atomic mass is 32.2. The van der Waals surface area contributed by atoms with Gasteiger partial charge in [-0.3, -0.25) is 23.3 Å². The van der Waals surface area contributed by atoms with Crippen LogP contribution in [0.25, 0.3) is 0 Å². The predicted molar refractivity (Wildman–Crippen MR) is 123 cm³/mol. The fraction of sp³-hybridized carbons (Fsp3) is 0.381. The molecule has 1 aliphatic heterocycles. The van der Waals surface area contributed by atoms with Gasteiger partial charge in [-0.25, -0.2) is 14.7 Å². The van der Waals surface area contributed by atoms with Gasteiger partial charge in [0.15, 0.2) is 10.9 Å². The third kappa shape index (κ3) is 4.71. The maximum atomic E-state index is 13.0. The minimum absolute atomic E-state index is 0.0835. The monoisotopic (exact) mass is 472 g/mol. The SMILES string of the molecule is Cn1c(=O)c(C(=O)CSc2n[nH]c(=O)n2CC2CCCO2)c(N)n(Cc2ccccc2)c1=O. The molecule has 0 saturated carbocycles. The lowest BCUT2D eigenvalue weighted by molar-refractivity contribution is 0.0941. The number of nitrogens with two attached hydrogens (primary N) is 1. The lowest BCUT2D eigenvalue weighted by atomic mass is 10.2. The van der Waals surface area contributed by atoms with Crippen LogP contribution in [-0.2, 0) is 24.9 Å². The third-order valence-corrected chi connectivity index (χ3v) is 6.49. The van der Waals surface area contributed by atoms with Gasteiger partial charge in [0.1, 0.15) is 11.4 Å². The Morgan fingerprint density at radius 3 is 2.70 bits per heavy atom. The molecule has 2 aromatic heterocycles. The summed E-state index contributed by atoms with van der Waals surface area (Å²) in [6, 6.07) is 9.12. The average molecular weight is 473 g/mol. The molecule has 12 heteroatoms. The number of ketones is 1. The molecule has 4 rings (SSSR count). The number of carbonyl (C=O) groups is 1. The Morgan fingerprint density at radius 2 is 2.00 bits per heavy atom. The number of nitrogens with zero attached hydrogens (tertiary/aromatic N) is 4. The molecule has 1 aromatic carbocycles. The van der Waals surface area contributed by atoms with Gasteiger partial charge >= 0.3 is 11.4 Å². The summed E-state index contributed by atoms with van der Waals surface area (Å²) in [6.45, 7) is 1.10. The number of Topliss-reactive ketones (excluding diaryl/α,β-unsaturated/α-hetero) is 1. The number of nitrogen functional groups attached to an aromatic ring is 1. The topological polar surface area (TPSA) is 147 Å². The van der Waals surface area contributed by atoms with Gasteiger partial charge in [-0.15, -0.1) is 5.10 Å². The quantitative estimate of drug-likeness (QED) is 0.349. The summed E-state index contributed by atoms with van der Waals surface area (Å²) in [5, 5.41) is 6.68. The number of H-pyrrole nitrogens is 1. The van der Waals surface area contributed by atoms with E-state index in [0.717, 1.165) is 34.7 Å². The first-order valence-corrected chi connectivity index (χ1v) is 11.4. The minimum atomic E-state index is -0.758. The van der Waals surface area contributed by atoms with Crippen molar-refractivity contribution in [3.8, 4) is 0 Å². The highest BCUT2D eigenvalue weighted by molar-refractivity contribution is 7.99. The van der Waals surface area contributed by atoms with E-state index < -0.39 is 22.7 Å². The van der Waals surface area contributed by atoms with Crippen molar-refractivity contribution in [2.24, 2.45) is 7.05 Å². The van der Waals surface area contributed by atoms with Gasteiger partial charge in [0.2, 0.25) is 0 Å². The summed E-state index contributed by atoms with van der Waals surface area (Å²) in [6.07, 6.45) is 1.69. The normalized spacial score (nSPS) is 15.7. The molecule has 0 spiro atoms. The number of benzene rings is 1. The van der Waals surface area contributed by atoms with Crippen molar-refractivity contribution >= 4 is 23.4 Å². The first-order chi connectivity index (χ1) is 15.9. The smallest absolute Gasteiger partial charge is 0.344 e. The van der Waals surface area contributed by atoms with E-state index in [1.807, 2.05) is 30.3 Å². The van der Waals surface area contributed by atoms with Gasteiger partial charge in [-0.2, -0.15) is 0 Å². The zero-order chi connectivity index (χ0) is 23.5. The Morgan fingerprint density at radius 1 is 1.24 bits per heavy atom. The summed E-state index contributed by atoms with van der Waals surface area (Å²) in [5.41, 5.74) is 4.92. The van der Waals surface area contributed by atoms with Crippen LogP contribution in [0.1, 0.15) is 28.8 Å². The van der Waals surface area contributed by atoms with E-state index in [4.69, 9.17) is 10.5 Å². The molecule has 1 aliphatic rings. The fourth-order valence-electron chi connectivity index (χ4n) is 3.73. The summed E-state index contributed by atoms with van der Waals surface area (Å²) in [7, 11) is 1.31. The lowest BCUT2D eigenvalue weighted by Crippen LogP contribution is -2.43. The van der Waals surface area contributed by atoms with Crippen LogP contribution in [0.4, 0.5) is 5.82 Å². The number of aromatic nitrogens is 5. The van der Waals surface area contributed by atoms with E-state index in [1.165, 1.54) is 16.2 Å². The molecule has 174 valence electrons. The fourth-order valence-corrected chi connectivity index (χ4v) is 4.56. The second-order valence-corrected chi connectivity index (χ2v) is 8.69. The number of aromatic amines is 1. The van der Waals surface area contributed by atoms with E-state index in [0.29, 0.717) is 18.3 Å². The van der Waals surface area contributed by atoms with Crippen molar-refractivity contribution in [3.05, 3.63) is 72.8 Å². The molecule has 33 heavy (non-hydrogen) atoms. The van der Waals surface area contributed by atoms with Crippen LogP contribution in [0.2, 0.25) is 0 Å². The minimum Gasteiger partial charge on any atom is -0.384 e. The zero-order valence-corrected chi connectivity index (χ0v) is 18.8. The summed E-state index contributed by atoms with van der Waals surface area (Å²) >= 11 is 1.02.